The third kappa shape index (κ3) is 4.81. The van der Waals surface area contributed by atoms with Crippen LogP contribution in [0.2, 0.25) is 0 Å². The molecule has 1 unspecified atom stereocenters. The third-order valence-electron chi connectivity index (χ3n) is 5.11. The van der Waals surface area contributed by atoms with Crippen molar-refractivity contribution >= 4 is 0 Å². The van der Waals surface area contributed by atoms with Crippen molar-refractivity contribution in [1.29, 1.82) is 5.26 Å². The van der Waals surface area contributed by atoms with Crippen molar-refractivity contribution in [1.82, 2.24) is 14.9 Å². The topological polar surface area (TPSA) is 74.2 Å². The molecule has 0 aliphatic carbocycles. The number of hydrogen-bond acceptors (Lipinski definition) is 5. The van der Waals surface area contributed by atoms with Gasteiger partial charge < -0.3 is 14.5 Å². The number of imidazole rings is 1. The predicted octanol–water partition coefficient (Wildman–Crippen LogP) is 3.45. The minimum Gasteiger partial charge on any atom is -0.493 e. The van der Waals surface area contributed by atoms with Crippen LogP contribution in [0.25, 0.3) is 0 Å². The number of benzene rings is 1. The Hall–Kier alpha value is -2.52. The lowest BCUT2D eigenvalue weighted by atomic mass is 9.99. The van der Waals surface area contributed by atoms with Crippen LogP contribution < -0.4 is 9.47 Å². The van der Waals surface area contributed by atoms with Gasteiger partial charge in [0.25, 0.3) is 0 Å². The van der Waals surface area contributed by atoms with Crippen LogP contribution in [0.5, 0.6) is 11.5 Å². The van der Waals surface area contributed by atoms with Gasteiger partial charge in [-0.3, -0.25) is 4.90 Å². The second-order valence-corrected chi connectivity index (χ2v) is 7.14. The van der Waals surface area contributed by atoms with Crippen molar-refractivity contribution in [2.75, 3.05) is 26.8 Å². The number of hydrogen-bond donors (Lipinski definition) is 1. The summed E-state index contributed by atoms with van der Waals surface area (Å²) < 4.78 is 11.4. The summed E-state index contributed by atoms with van der Waals surface area (Å²) in [6, 6.07) is 7.42. The Balaban J connectivity index is 1.57. The first kappa shape index (κ1) is 19.2. The van der Waals surface area contributed by atoms with E-state index in [4.69, 9.17) is 19.7 Å². The van der Waals surface area contributed by atoms with E-state index in [9.17, 15) is 0 Å². The SMILES string of the molecule is CCc1nc(CN2CCCC(COc3ccc(C#N)cc3OC)C2)c(C)[nH]1. The molecular formula is C21H28N4O2. The number of piperidine rings is 1. The Morgan fingerprint density at radius 2 is 2.22 bits per heavy atom. The molecule has 144 valence electrons. The summed E-state index contributed by atoms with van der Waals surface area (Å²) in [6.45, 7) is 7.87. The van der Waals surface area contributed by atoms with E-state index >= 15 is 0 Å². The Kier molecular flexibility index (Phi) is 6.36. The van der Waals surface area contributed by atoms with Crippen molar-refractivity contribution in [3.05, 3.63) is 41.0 Å². The van der Waals surface area contributed by atoms with Crippen LogP contribution >= 0.6 is 0 Å². The van der Waals surface area contributed by atoms with Crippen molar-refractivity contribution < 1.29 is 9.47 Å². The van der Waals surface area contributed by atoms with Gasteiger partial charge in [-0.2, -0.15) is 5.26 Å². The third-order valence-corrected chi connectivity index (χ3v) is 5.11. The number of nitrogens with zero attached hydrogens (tertiary/aromatic N) is 3. The molecule has 0 spiro atoms. The van der Waals surface area contributed by atoms with Crippen LogP contribution in [0.15, 0.2) is 18.2 Å². The quantitative estimate of drug-likeness (QED) is 0.810. The minimum absolute atomic E-state index is 0.476. The van der Waals surface area contributed by atoms with Gasteiger partial charge in [-0.25, -0.2) is 4.98 Å². The monoisotopic (exact) mass is 368 g/mol. The number of methoxy groups -OCH3 is 1. The van der Waals surface area contributed by atoms with Crippen molar-refractivity contribution in [3.63, 3.8) is 0 Å². The second-order valence-electron chi connectivity index (χ2n) is 7.14. The molecule has 27 heavy (non-hydrogen) atoms. The largest absolute Gasteiger partial charge is 0.493 e. The maximum atomic E-state index is 9.01. The van der Waals surface area contributed by atoms with Gasteiger partial charge in [-0.05, 0) is 38.4 Å². The number of aromatic nitrogens is 2. The molecule has 1 aliphatic rings. The van der Waals surface area contributed by atoms with Gasteiger partial charge in [0.2, 0.25) is 0 Å². The Bertz CT molecular complexity index is 809. The summed E-state index contributed by atoms with van der Waals surface area (Å²) in [5.74, 6) is 2.85. The van der Waals surface area contributed by atoms with Gasteiger partial charge in [0.1, 0.15) is 5.82 Å². The highest BCUT2D eigenvalue weighted by Crippen LogP contribution is 2.29. The Morgan fingerprint density at radius 1 is 1.37 bits per heavy atom. The van der Waals surface area contributed by atoms with Crippen LogP contribution in [-0.4, -0.2) is 41.7 Å². The maximum Gasteiger partial charge on any atom is 0.162 e. The fourth-order valence-electron chi connectivity index (χ4n) is 3.59. The zero-order chi connectivity index (χ0) is 19.2. The first-order valence-corrected chi connectivity index (χ1v) is 9.60. The number of nitrogens with one attached hydrogen (secondary N) is 1. The summed E-state index contributed by atoms with van der Waals surface area (Å²) in [4.78, 5) is 10.5. The van der Waals surface area contributed by atoms with E-state index in [1.165, 1.54) is 12.1 Å². The fraction of sp³-hybridized carbons (Fsp3) is 0.524. The molecule has 6 nitrogen and oxygen atoms in total. The van der Waals surface area contributed by atoms with Gasteiger partial charge in [-0.1, -0.05) is 6.92 Å². The first-order valence-electron chi connectivity index (χ1n) is 9.60. The molecule has 0 radical (unpaired) electrons. The molecule has 1 N–H and O–H groups in total. The number of likely N-dealkylation sites (tertiary alicyclic amines) is 1. The predicted molar refractivity (Wildman–Crippen MR) is 104 cm³/mol. The second kappa shape index (κ2) is 8.92. The molecule has 1 aromatic heterocycles. The maximum absolute atomic E-state index is 9.01. The van der Waals surface area contributed by atoms with Crippen LogP contribution in [0.1, 0.15) is 42.5 Å². The smallest absolute Gasteiger partial charge is 0.162 e. The molecule has 2 heterocycles. The number of ether oxygens (including phenoxy) is 2. The van der Waals surface area contributed by atoms with Gasteiger partial charge in [-0.15, -0.1) is 0 Å². The molecule has 0 bridgehead atoms. The summed E-state index contributed by atoms with van der Waals surface area (Å²) >= 11 is 0. The molecule has 3 rings (SSSR count). The number of aromatic amines is 1. The van der Waals surface area contributed by atoms with Crippen LogP contribution in [0.3, 0.4) is 0 Å². The van der Waals surface area contributed by atoms with E-state index < -0.39 is 0 Å². The molecule has 1 saturated heterocycles. The van der Waals surface area contributed by atoms with E-state index in [1.54, 1.807) is 19.2 Å². The highest BCUT2D eigenvalue weighted by Gasteiger charge is 2.22. The standard InChI is InChI=1S/C21H28N4O2/c1-4-21-23-15(2)18(24-21)13-25-9-5-6-17(12-25)14-27-19-8-7-16(11-22)10-20(19)26-3/h7-8,10,17H,4-6,9,12-14H2,1-3H3,(H,23,24). The average molecular weight is 368 g/mol. The lowest BCUT2D eigenvalue weighted by molar-refractivity contribution is 0.122. The minimum atomic E-state index is 0.476. The molecule has 1 aliphatic heterocycles. The molecule has 6 heteroatoms. The van der Waals surface area contributed by atoms with Gasteiger partial charge in [0.05, 0.1) is 31.0 Å². The van der Waals surface area contributed by atoms with Crippen LogP contribution in [-0.2, 0) is 13.0 Å². The summed E-state index contributed by atoms with van der Waals surface area (Å²) in [5, 5.41) is 9.01. The Morgan fingerprint density at radius 3 is 2.93 bits per heavy atom. The van der Waals surface area contributed by atoms with Crippen molar-refractivity contribution in [2.45, 2.75) is 39.7 Å². The first-order chi connectivity index (χ1) is 13.1. The van der Waals surface area contributed by atoms with E-state index in [-0.39, 0.29) is 0 Å². The molecule has 1 fully saturated rings. The lowest BCUT2D eigenvalue weighted by Gasteiger charge is -2.32. The van der Waals surface area contributed by atoms with E-state index in [2.05, 4.69) is 29.8 Å². The molecule has 0 amide bonds. The highest BCUT2D eigenvalue weighted by atomic mass is 16.5. The van der Waals surface area contributed by atoms with E-state index in [0.29, 0.717) is 29.6 Å². The normalized spacial score (nSPS) is 17.5. The van der Waals surface area contributed by atoms with Crippen LogP contribution in [0.4, 0.5) is 0 Å². The highest BCUT2D eigenvalue weighted by molar-refractivity contribution is 5.46. The van der Waals surface area contributed by atoms with Gasteiger partial charge in [0, 0.05) is 37.2 Å². The van der Waals surface area contributed by atoms with E-state index in [0.717, 1.165) is 44.0 Å². The number of aryl methyl sites for hydroxylation is 2. The summed E-state index contributed by atoms with van der Waals surface area (Å²) in [7, 11) is 1.60. The molecular weight excluding hydrogens is 340 g/mol. The summed E-state index contributed by atoms with van der Waals surface area (Å²) in [6.07, 6.45) is 3.27. The fourth-order valence-corrected chi connectivity index (χ4v) is 3.59. The average Bonchev–Trinajstić information content (AvgIpc) is 3.06. The Labute approximate surface area is 161 Å². The lowest BCUT2D eigenvalue weighted by Crippen LogP contribution is -2.37. The number of nitriles is 1. The van der Waals surface area contributed by atoms with E-state index in [1.807, 2.05) is 6.07 Å². The van der Waals surface area contributed by atoms with Gasteiger partial charge >= 0.3 is 0 Å². The molecule has 1 atom stereocenters. The molecule has 0 saturated carbocycles. The van der Waals surface area contributed by atoms with Gasteiger partial charge in [0.15, 0.2) is 11.5 Å². The van der Waals surface area contributed by atoms with Crippen molar-refractivity contribution in [3.8, 4) is 17.6 Å². The zero-order valence-electron chi connectivity index (χ0n) is 16.4. The number of rotatable bonds is 7. The number of H-pyrrole nitrogens is 1. The zero-order valence-corrected chi connectivity index (χ0v) is 16.4. The summed E-state index contributed by atoms with van der Waals surface area (Å²) in [5.41, 5.74) is 2.90. The van der Waals surface area contributed by atoms with Crippen molar-refractivity contribution in [2.24, 2.45) is 5.92 Å². The molecule has 2 aromatic rings. The van der Waals surface area contributed by atoms with Crippen LogP contribution in [0, 0.1) is 24.2 Å². The molecule has 1 aromatic carbocycles.